The highest BCUT2D eigenvalue weighted by Crippen LogP contribution is 2.28. The maximum atomic E-state index is 12.0. The lowest BCUT2D eigenvalue weighted by molar-refractivity contribution is -0.129. The Balaban J connectivity index is 1.89. The van der Waals surface area contributed by atoms with E-state index in [0.717, 1.165) is 25.9 Å². The maximum Gasteiger partial charge on any atom is 0.252 e. The molecule has 1 aliphatic rings. The fourth-order valence-corrected chi connectivity index (χ4v) is 2.70. The minimum atomic E-state index is -0.386. The smallest absolute Gasteiger partial charge is 0.252 e. The molecule has 5 nitrogen and oxygen atoms in total. The van der Waals surface area contributed by atoms with Crippen LogP contribution in [0.5, 0.6) is 0 Å². The summed E-state index contributed by atoms with van der Waals surface area (Å²) >= 11 is 11.9. The largest absolute Gasteiger partial charge is 0.399 e. The number of anilines is 1. The van der Waals surface area contributed by atoms with Gasteiger partial charge in [0.15, 0.2) is 0 Å². The van der Waals surface area contributed by atoms with Crippen molar-refractivity contribution in [1.29, 1.82) is 0 Å². The lowest BCUT2D eigenvalue weighted by Crippen LogP contribution is -2.32. The third-order valence-corrected chi connectivity index (χ3v) is 4.18. The van der Waals surface area contributed by atoms with Gasteiger partial charge < -0.3 is 16.0 Å². The molecular formula is C14H17Cl2N3O2. The molecule has 0 unspecified atom stereocenters. The van der Waals surface area contributed by atoms with E-state index in [-0.39, 0.29) is 40.4 Å². The van der Waals surface area contributed by atoms with Crippen molar-refractivity contribution in [2.24, 2.45) is 0 Å². The highest BCUT2D eigenvalue weighted by molar-refractivity contribution is 6.44. The fourth-order valence-electron chi connectivity index (χ4n) is 2.28. The number of hydrogen-bond donors (Lipinski definition) is 2. The summed E-state index contributed by atoms with van der Waals surface area (Å²) < 4.78 is 0. The highest BCUT2D eigenvalue weighted by atomic mass is 35.5. The molecule has 1 aromatic rings. The number of carbonyl (C=O) groups is 2. The molecule has 2 amide bonds. The van der Waals surface area contributed by atoms with Crippen LogP contribution in [0, 0.1) is 0 Å². The van der Waals surface area contributed by atoms with Crippen LogP contribution in [0.4, 0.5) is 5.69 Å². The van der Waals surface area contributed by atoms with Gasteiger partial charge in [-0.1, -0.05) is 23.2 Å². The summed E-state index contributed by atoms with van der Waals surface area (Å²) in [6.07, 6.45) is 2.38. The van der Waals surface area contributed by atoms with Crippen LogP contribution in [0.2, 0.25) is 10.0 Å². The van der Waals surface area contributed by atoms with Crippen molar-refractivity contribution in [3.05, 3.63) is 27.7 Å². The number of benzene rings is 1. The number of amides is 2. The van der Waals surface area contributed by atoms with E-state index in [1.54, 1.807) is 0 Å². The van der Waals surface area contributed by atoms with Crippen molar-refractivity contribution in [1.82, 2.24) is 10.2 Å². The van der Waals surface area contributed by atoms with E-state index >= 15 is 0 Å². The Morgan fingerprint density at radius 2 is 1.90 bits per heavy atom. The first kappa shape index (κ1) is 15.9. The molecule has 0 atom stereocenters. The summed E-state index contributed by atoms with van der Waals surface area (Å²) in [6.45, 7) is 1.88. The van der Waals surface area contributed by atoms with Crippen molar-refractivity contribution in [3.63, 3.8) is 0 Å². The number of rotatable bonds is 4. The van der Waals surface area contributed by atoms with Gasteiger partial charge >= 0.3 is 0 Å². The summed E-state index contributed by atoms with van der Waals surface area (Å²) in [4.78, 5) is 25.7. The van der Waals surface area contributed by atoms with Gasteiger partial charge in [0.05, 0.1) is 15.6 Å². The van der Waals surface area contributed by atoms with Crippen LogP contribution in [0.15, 0.2) is 12.1 Å². The van der Waals surface area contributed by atoms with Crippen LogP contribution in [-0.2, 0) is 4.79 Å². The minimum absolute atomic E-state index is 0.0597. The molecule has 0 aromatic heterocycles. The predicted molar refractivity (Wildman–Crippen MR) is 83.6 cm³/mol. The molecule has 114 valence electrons. The van der Waals surface area contributed by atoms with Crippen LogP contribution in [0.25, 0.3) is 0 Å². The van der Waals surface area contributed by atoms with Crippen molar-refractivity contribution in [2.75, 3.05) is 25.4 Å². The Morgan fingerprint density at radius 3 is 2.57 bits per heavy atom. The zero-order valence-electron chi connectivity index (χ0n) is 11.5. The molecule has 0 spiro atoms. The Morgan fingerprint density at radius 1 is 1.24 bits per heavy atom. The Kier molecular flexibility index (Phi) is 5.31. The molecule has 21 heavy (non-hydrogen) atoms. The molecule has 7 heteroatoms. The van der Waals surface area contributed by atoms with E-state index in [4.69, 9.17) is 28.9 Å². The van der Waals surface area contributed by atoms with Crippen LogP contribution in [-0.4, -0.2) is 36.3 Å². The molecule has 0 aliphatic carbocycles. The number of likely N-dealkylation sites (tertiary alicyclic amines) is 1. The number of nitrogen functional groups attached to an aromatic ring is 1. The summed E-state index contributed by atoms with van der Waals surface area (Å²) in [5.74, 6) is -0.326. The molecule has 2 rings (SSSR count). The van der Waals surface area contributed by atoms with E-state index in [9.17, 15) is 9.59 Å². The van der Waals surface area contributed by atoms with Crippen molar-refractivity contribution in [3.8, 4) is 0 Å². The van der Waals surface area contributed by atoms with Gasteiger partial charge in [-0.05, 0) is 25.0 Å². The van der Waals surface area contributed by atoms with E-state index in [0.29, 0.717) is 5.69 Å². The lowest BCUT2D eigenvalue weighted by atomic mass is 10.2. The van der Waals surface area contributed by atoms with E-state index in [1.165, 1.54) is 12.1 Å². The summed E-state index contributed by atoms with van der Waals surface area (Å²) in [6, 6.07) is 2.95. The molecule has 1 aliphatic heterocycles. The Bertz CT molecular complexity index is 557. The third-order valence-electron chi connectivity index (χ3n) is 3.38. The summed E-state index contributed by atoms with van der Waals surface area (Å²) in [5.41, 5.74) is 6.22. The predicted octanol–water partition coefficient (Wildman–Crippen LogP) is 2.32. The van der Waals surface area contributed by atoms with Gasteiger partial charge in [0.2, 0.25) is 5.91 Å². The standard InChI is InChI=1S/C14H17Cl2N3O2/c15-11-8-9(17)7-10(13(11)16)14(21)18-4-3-12(20)19-5-1-2-6-19/h7-8H,1-6,17H2,(H,18,21). The number of hydrogen-bond acceptors (Lipinski definition) is 3. The third kappa shape index (κ3) is 4.02. The average molecular weight is 330 g/mol. The van der Waals surface area contributed by atoms with Gasteiger partial charge in [-0.2, -0.15) is 0 Å². The molecule has 1 saturated heterocycles. The fraction of sp³-hybridized carbons (Fsp3) is 0.429. The highest BCUT2D eigenvalue weighted by Gasteiger charge is 2.18. The van der Waals surface area contributed by atoms with E-state index in [1.807, 2.05) is 4.90 Å². The Hall–Kier alpha value is -1.46. The number of nitrogens with two attached hydrogens (primary N) is 1. The molecule has 1 heterocycles. The monoisotopic (exact) mass is 329 g/mol. The van der Waals surface area contributed by atoms with Gasteiger partial charge in [0.25, 0.3) is 5.91 Å². The van der Waals surface area contributed by atoms with Crippen molar-refractivity contribution >= 4 is 40.7 Å². The van der Waals surface area contributed by atoms with Crippen molar-refractivity contribution in [2.45, 2.75) is 19.3 Å². The van der Waals surface area contributed by atoms with Gasteiger partial charge in [0.1, 0.15) is 0 Å². The van der Waals surface area contributed by atoms with Gasteiger partial charge in [0, 0.05) is 31.7 Å². The molecule has 0 bridgehead atoms. The maximum absolute atomic E-state index is 12.0. The first-order valence-electron chi connectivity index (χ1n) is 6.79. The normalized spacial score (nSPS) is 14.3. The second kappa shape index (κ2) is 7.00. The molecule has 0 saturated carbocycles. The molecule has 1 fully saturated rings. The summed E-state index contributed by atoms with van der Waals surface area (Å²) in [5, 5.41) is 3.06. The topological polar surface area (TPSA) is 75.4 Å². The summed E-state index contributed by atoms with van der Waals surface area (Å²) in [7, 11) is 0. The zero-order chi connectivity index (χ0) is 15.4. The molecular weight excluding hydrogens is 313 g/mol. The Labute approximate surface area is 133 Å². The molecule has 1 aromatic carbocycles. The zero-order valence-corrected chi connectivity index (χ0v) is 13.0. The van der Waals surface area contributed by atoms with Gasteiger partial charge in [-0.15, -0.1) is 0 Å². The van der Waals surface area contributed by atoms with Crippen LogP contribution in [0.3, 0.4) is 0 Å². The quantitative estimate of drug-likeness (QED) is 0.832. The van der Waals surface area contributed by atoms with Crippen LogP contribution >= 0.6 is 23.2 Å². The second-order valence-corrected chi connectivity index (χ2v) is 5.74. The first-order chi connectivity index (χ1) is 9.99. The van der Waals surface area contributed by atoms with E-state index < -0.39 is 0 Å². The minimum Gasteiger partial charge on any atom is -0.399 e. The van der Waals surface area contributed by atoms with Crippen LogP contribution in [0.1, 0.15) is 29.6 Å². The van der Waals surface area contributed by atoms with Gasteiger partial charge in [-0.3, -0.25) is 9.59 Å². The average Bonchev–Trinajstić information content (AvgIpc) is 2.96. The van der Waals surface area contributed by atoms with E-state index in [2.05, 4.69) is 5.32 Å². The number of carbonyl (C=O) groups excluding carboxylic acids is 2. The van der Waals surface area contributed by atoms with Gasteiger partial charge in [-0.25, -0.2) is 0 Å². The van der Waals surface area contributed by atoms with Crippen LogP contribution < -0.4 is 11.1 Å². The molecule has 0 radical (unpaired) electrons. The lowest BCUT2D eigenvalue weighted by Gasteiger charge is -2.15. The number of halogens is 2. The van der Waals surface area contributed by atoms with Crippen molar-refractivity contribution < 1.29 is 9.59 Å². The SMILES string of the molecule is Nc1cc(Cl)c(Cl)c(C(=O)NCCC(=O)N2CCCC2)c1. The second-order valence-electron chi connectivity index (χ2n) is 4.96. The first-order valence-corrected chi connectivity index (χ1v) is 7.55. The number of nitrogens with zero attached hydrogens (tertiary/aromatic N) is 1. The number of nitrogens with one attached hydrogen (secondary N) is 1. The molecule has 3 N–H and O–H groups in total.